The van der Waals surface area contributed by atoms with Crippen LogP contribution < -0.4 is 0 Å². The highest BCUT2D eigenvalue weighted by molar-refractivity contribution is 9.10. The highest BCUT2D eigenvalue weighted by Crippen LogP contribution is 2.32. The van der Waals surface area contributed by atoms with Gasteiger partial charge in [-0.15, -0.1) is 0 Å². The second kappa shape index (κ2) is 4.91. The molecule has 2 unspecified atom stereocenters. The maximum Gasteiger partial charge on any atom is 0.306 e. The van der Waals surface area contributed by atoms with Gasteiger partial charge >= 0.3 is 5.97 Å². The van der Waals surface area contributed by atoms with Gasteiger partial charge in [-0.25, -0.2) is 8.78 Å². The first kappa shape index (κ1) is 13.1. The molecular weight excluding hydrogens is 282 g/mol. The van der Waals surface area contributed by atoms with Crippen LogP contribution >= 0.6 is 15.9 Å². The number of rotatable bonds is 3. The zero-order valence-corrected chi connectivity index (χ0v) is 10.4. The van der Waals surface area contributed by atoms with Crippen molar-refractivity contribution >= 4 is 21.9 Å². The first-order valence-electron chi connectivity index (χ1n) is 4.72. The molecule has 0 fully saturated rings. The molecule has 0 aliphatic heterocycles. The molecular formula is C11H11BrF2O2. The molecule has 0 bridgehead atoms. The van der Waals surface area contributed by atoms with Crippen LogP contribution in [-0.4, -0.2) is 11.1 Å². The standard InChI is InChI=1S/C11H11BrF2O2/c1-5(6(2)11(15)16)9-8(13)4-3-7(12)10(9)14/h3-6H,1-2H3,(H,15,16). The minimum Gasteiger partial charge on any atom is -0.481 e. The third-order valence-corrected chi connectivity index (χ3v) is 3.29. The maximum atomic E-state index is 13.7. The van der Waals surface area contributed by atoms with Crippen molar-refractivity contribution in [3.8, 4) is 0 Å². The molecule has 5 heteroatoms. The van der Waals surface area contributed by atoms with Crippen molar-refractivity contribution in [3.05, 3.63) is 33.8 Å². The monoisotopic (exact) mass is 292 g/mol. The van der Waals surface area contributed by atoms with Crippen LogP contribution in [0.5, 0.6) is 0 Å². The van der Waals surface area contributed by atoms with Crippen molar-refractivity contribution in [1.82, 2.24) is 0 Å². The Bertz CT molecular complexity index is 421. The molecule has 0 aliphatic rings. The second-order valence-corrected chi connectivity index (χ2v) is 4.53. The molecule has 0 saturated carbocycles. The molecule has 2 atom stereocenters. The highest BCUT2D eigenvalue weighted by atomic mass is 79.9. The van der Waals surface area contributed by atoms with Crippen LogP contribution in [-0.2, 0) is 4.79 Å². The summed E-state index contributed by atoms with van der Waals surface area (Å²) < 4.78 is 27.2. The summed E-state index contributed by atoms with van der Waals surface area (Å²) in [6, 6.07) is 2.37. The fraction of sp³-hybridized carbons (Fsp3) is 0.364. The molecule has 1 rings (SSSR count). The predicted octanol–water partition coefficient (Wildman–Crippen LogP) is 3.55. The lowest BCUT2D eigenvalue weighted by molar-refractivity contribution is -0.141. The van der Waals surface area contributed by atoms with Crippen molar-refractivity contribution in [2.45, 2.75) is 19.8 Å². The fourth-order valence-corrected chi connectivity index (χ4v) is 1.77. The van der Waals surface area contributed by atoms with E-state index >= 15 is 0 Å². The minimum atomic E-state index is -1.08. The third-order valence-electron chi connectivity index (χ3n) is 2.67. The van der Waals surface area contributed by atoms with Crippen LogP contribution in [0.4, 0.5) is 8.78 Å². The smallest absolute Gasteiger partial charge is 0.306 e. The molecule has 2 nitrogen and oxygen atoms in total. The first-order chi connectivity index (χ1) is 7.36. The Morgan fingerprint density at radius 2 is 1.94 bits per heavy atom. The van der Waals surface area contributed by atoms with Crippen LogP contribution in [0, 0.1) is 17.6 Å². The van der Waals surface area contributed by atoms with Gasteiger partial charge in [-0.1, -0.05) is 13.8 Å². The molecule has 0 amide bonds. The quantitative estimate of drug-likeness (QED) is 0.865. The van der Waals surface area contributed by atoms with Gasteiger partial charge in [-0.3, -0.25) is 4.79 Å². The first-order valence-corrected chi connectivity index (χ1v) is 5.51. The molecule has 1 aromatic rings. The van der Waals surface area contributed by atoms with E-state index in [2.05, 4.69) is 15.9 Å². The van der Waals surface area contributed by atoms with Crippen LogP contribution in [0.3, 0.4) is 0 Å². The van der Waals surface area contributed by atoms with E-state index in [1.807, 2.05) is 0 Å². The lowest BCUT2D eigenvalue weighted by Gasteiger charge is -2.18. The molecule has 16 heavy (non-hydrogen) atoms. The van der Waals surface area contributed by atoms with Crippen LogP contribution in [0.2, 0.25) is 0 Å². The van der Waals surface area contributed by atoms with Crippen molar-refractivity contribution in [1.29, 1.82) is 0 Å². The van der Waals surface area contributed by atoms with Gasteiger partial charge in [0.2, 0.25) is 0 Å². The Labute approximate surface area is 100 Å². The molecule has 0 aromatic heterocycles. The molecule has 1 aromatic carbocycles. The second-order valence-electron chi connectivity index (χ2n) is 3.67. The third kappa shape index (κ3) is 2.40. The van der Waals surface area contributed by atoms with Gasteiger partial charge in [0.1, 0.15) is 11.6 Å². The summed E-state index contributed by atoms with van der Waals surface area (Å²) in [5, 5.41) is 8.81. The molecule has 0 heterocycles. The SMILES string of the molecule is CC(C(=O)O)C(C)c1c(F)ccc(Br)c1F. The van der Waals surface area contributed by atoms with Crippen LogP contribution in [0.25, 0.3) is 0 Å². The number of benzene rings is 1. The van der Waals surface area contributed by atoms with E-state index in [0.29, 0.717) is 0 Å². The Kier molecular flexibility index (Phi) is 4.02. The van der Waals surface area contributed by atoms with Crippen LogP contribution in [0.15, 0.2) is 16.6 Å². The molecule has 0 saturated heterocycles. The van der Waals surface area contributed by atoms with Gasteiger partial charge in [-0.05, 0) is 34.0 Å². The van der Waals surface area contributed by atoms with Gasteiger partial charge in [0, 0.05) is 5.56 Å². The topological polar surface area (TPSA) is 37.3 Å². The summed E-state index contributed by atoms with van der Waals surface area (Å²) in [4.78, 5) is 10.8. The normalized spacial score (nSPS) is 14.6. The minimum absolute atomic E-state index is 0.133. The van der Waals surface area contributed by atoms with Gasteiger partial charge in [0.25, 0.3) is 0 Å². The summed E-state index contributed by atoms with van der Waals surface area (Å²) in [5.41, 5.74) is -0.190. The van der Waals surface area contributed by atoms with Gasteiger partial charge in [0.15, 0.2) is 0 Å². The zero-order chi connectivity index (χ0) is 12.5. The zero-order valence-electron chi connectivity index (χ0n) is 8.80. The van der Waals surface area contributed by atoms with Crippen molar-refractivity contribution in [2.24, 2.45) is 5.92 Å². The van der Waals surface area contributed by atoms with Crippen molar-refractivity contribution in [3.63, 3.8) is 0 Å². The van der Waals surface area contributed by atoms with Crippen molar-refractivity contribution in [2.75, 3.05) is 0 Å². The lowest BCUT2D eigenvalue weighted by atomic mass is 9.88. The Balaban J connectivity index is 3.22. The maximum absolute atomic E-state index is 13.7. The Hall–Kier alpha value is -0.970. The molecule has 0 aliphatic carbocycles. The lowest BCUT2D eigenvalue weighted by Crippen LogP contribution is -2.18. The van der Waals surface area contributed by atoms with E-state index in [-0.39, 0.29) is 10.0 Å². The van der Waals surface area contributed by atoms with Gasteiger partial charge in [-0.2, -0.15) is 0 Å². The van der Waals surface area contributed by atoms with Crippen LogP contribution in [0.1, 0.15) is 25.3 Å². The molecule has 88 valence electrons. The number of carboxylic acids is 1. The van der Waals surface area contributed by atoms with E-state index in [4.69, 9.17) is 5.11 Å². The number of hydrogen-bond donors (Lipinski definition) is 1. The number of carboxylic acid groups (broad SMARTS) is 1. The van der Waals surface area contributed by atoms with E-state index in [1.54, 1.807) is 0 Å². The largest absolute Gasteiger partial charge is 0.481 e. The number of halogens is 3. The molecule has 0 spiro atoms. The predicted molar refractivity (Wildman–Crippen MR) is 59.3 cm³/mol. The Morgan fingerprint density at radius 3 is 2.44 bits per heavy atom. The van der Waals surface area contributed by atoms with E-state index in [0.717, 1.165) is 6.07 Å². The number of carbonyl (C=O) groups is 1. The molecule has 0 radical (unpaired) electrons. The number of aliphatic carboxylic acids is 1. The van der Waals surface area contributed by atoms with E-state index < -0.39 is 29.4 Å². The Morgan fingerprint density at radius 1 is 1.38 bits per heavy atom. The van der Waals surface area contributed by atoms with Gasteiger partial charge < -0.3 is 5.11 Å². The number of hydrogen-bond acceptors (Lipinski definition) is 1. The summed E-state index contributed by atoms with van der Waals surface area (Å²) in [6.45, 7) is 2.92. The average Bonchev–Trinajstić information content (AvgIpc) is 2.22. The summed E-state index contributed by atoms with van der Waals surface area (Å²) >= 11 is 2.95. The average molecular weight is 293 g/mol. The fourth-order valence-electron chi connectivity index (χ4n) is 1.42. The van der Waals surface area contributed by atoms with E-state index in [1.165, 1.54) is 19.9 Å². The molecule has 1 N–H and O–H groups in total. The summed E-state index contributed by atoms with van der Waals surface area (Å²) in [5.74, 6) is -4.11. The van der Waals surface area contributed by atoms with E-state index in [9.17, 15) is 13.6 Å². The summed E-state index contributed by atoms with van der Waals surface area (Å²) in [6.07, 6.45) is 0. The highest BCUT2D eigenvalue weighted by Gasteiger charge is 2.27. The van der Waals surface area contributed by atoms with Gasteiger partial charge in [0.05, 0.1) is 10.4 Å². The summed E-state index contributed by atoms with van der Waals surface area (Å²) in [7, 11) is 0. The van der Waals surface area contributed by atoms with Crippen molar-refractivity contribution < 1.29 is 18.7 Å².